The Balaban J connectivity index is 1.37. The average molecular weight is 431 g/mol. The molecule has 3 aromatic rings. The van der Waals surface area contributed by atoms with E-state index in [4.69, 9.17) is 4.98 Å². The highest BCUT2D eigenvalue weighted by Crippen LogP contribution is 2.28. The van der Waals surface area contributed by atoms with Gasteiger partial charge in [0.05, 0.1) is 17.6 Å². The number of carbonyl (C=O) groups is 2. The number of nitrogens with zero attached hydrogens (tertiary/aromatic N) is 3. The van der Waals surface area contributed by atoms with Crippen molar-refractivity contribution in [2.45, 2.75) is 58.0 Å². The van der Waals surface area contributed by atoms with Crippen molar-refractivity contribution in [1.29, 1.82) is 0 Å². The molecule has 166 valence electrons. The summed E-state index contributed by atoms with van der Waals surface area (Å²) in [5, 5.41) is 3.09. The van der Waals surface area contributed by atoms with Gasteiger partial charge in [-0.3, -0.25) is 9.59 Å². The summed E-state index contributed by atoms with van der Waals surface area (Å²) in [5.41, 5.74) is 4.01. The minimum Gasteiger partial charge on any atom is -0.349 e. The fourth-order valence-corrected chi connectivity index (χ4v) is 5.13. The van der Waals surface area contributed by atoms with E-state index < -0.39 is 0 Å². The van der Waals surface area contributed by atoms with E-state index in [1.807, 2.05) is 51.9 Å². The molecule has 2 aromatic carbocycles. The standard InChI is InChI=1S/C26H30N4O2/c31-25(29-16-8-12-19-9-4-6-14-22(19)29)18-30-23-15-7-5-13-21(23)28-24(30)17-27-26(32)20-10-2-1-3-11-20/h4-7,9,13-15,20H,1-3,8,10-12,16-18H2,(H,27,32). The molecule has 1 aliphatic heterocycles. The molecular weight excluding hydrogens is 400 g/mol. The number of imidazole rings is 1. The number of aromatic nitrogens is 2. The molecule has 2 amide bonds. The van der Waals surface area contributed by atoms with Crippen LogP contribution in [0.1, 0.15) is 49.9 Å². The normalized spacial score (nSPS) is 16.7. The maximum atomic E-state index is 13.4. The highest BCUT2D eigenvalue weighted by Gasteiger charge is 2.25. The van der Waals surface area contributed by atoms with Gasteiger partial charge in [0.15, 0.2) is 0 Å². The Hall–Kier alpha value is -3.15. The molecule has 1 saturated carbocycles. The molecule has 1 fully saturated rings. The van der Waals surface area contributed by atoms with Gasteiger partial charge >= 0.3 is 0 Å². The zero-order valence-electron chi connectivity index (χ0n) is 18.4. The van der Waals surface area contributed by atoms with Crippen LogP contribution in [0.15, 0.2) is 48.5 Å². The fourth-order valence-electron chi connectivity index (χ4n) is 5.13. The topological polar surface area (TPSA) is 67.2 Å². The molecule has 6 nitrogen and oxygen atoms in total. The highest BCUT2D eigenvalue weighted by molar-refractivity contribution is 5.95. The van der Waals surface area contributed by atoms with Crippen molar-refractivity contribution in [2.75, 3.05) is 11.4 Å². The van der Waals surface area contributed by atoms with Crippen molar-refractivity contribution >= 4 is 28.5 Å². The summed E-state index contributed by atoms with van der Waals surface area (Å²) in [6.45, 7) is 1.29. The van der Waals surface area contributed by atoms with E-state index in [-0.39, 0.29) is 24.3 Å². The molecule has 2 aliphatic rings. The summed E-state index contributed by atoms with van der Waals surface area (Å²) in [7, 11) is 0. The minimum atomic E-state index is 0.0557. The number of anilines is 1. The predicted molar refractivity (Wildman–Crippen MR) is 125 cm³/mol. The Bertz CT molecular complexity index is 1130. The maximum absolute atomic E-state index is 13.4. The lowest BCUT2D eigenvalue weighted by atomic mass is 9.89. The Morgan fingerprint density at radius 1 is 0.969 bits per heavy atom. The van der Waals surface area contributed by atoms with Crippen LogP contribution in [-0.4, -0.2) is 27.9 Å². The van der Waals surface area contributed by atoms with Crippen molar-refractivity contribution in [1.82, 2.24) is 14.9 Å². The molecular formula is C26H30N4O2. The number of rotatable bonds is 5. The molecule has 1 aliphatic carbocycles. The summed E-state index contributed by atoms with van der Waals surface area (Å²) in [4.78, 5) is 32.7. The van der Waals surface area contributed by atoms with Gasteiger partial charge in [0.25, 0.3) is 0 Å². The largest absolute Gasteiger partial charge is 0.349 e. The quantitative estimate of drug-likeness (QED) is 0.659. The van der Waals surface area contributed by atoms with Crippen LogP contribution in [0.5, 0.6) is 0 Å². The van der Waals surface area contributed by atoms with Crippen LogP contribution in [0.3, 0.4) is 0 Å². The second-order valence-corrected chi connectivity index (χ2v) is 8.93. The predicted octanol–water partition coefficient (Wildman–Crippen LogP) is 4.21. The number of aryl methyl sites for hydroxylation is 1. The van der Waals surface area contributed by atoms with Gasteiger partial charge in [-0.15, -0.1) is 0 Å². The van der Waals surface area contributed by atoms with E-state index in [2.05, 4.69) is 11.4 Å². The number of amides is 2. The number of benzene rings is 2. The Labute approximate surface area is 188 Å². The Kier molecular flexibility index (Phi) is 5.93. The fraction of sp³-hybridized carbons (Fsp3) is 0.423. The molecule has 1 N–H and O–H groups in total. The second kappa shape index (κ2) is 9.15. The molecule has 5 rings (SSSR count). The van der Waals surface area contributed by atoms with Gasteiger partial charge in [0.1, 0.15) is 12.4 Å². The van der Waals surface area contributed by atoms with Crippen LogP contribution in [0.4, 0.5) is 5.69 Å². The number of hydrogen-bond acceptors (Lipinski definition) is 3. The minimum absolute atomic E-state index is 0.0557. The summed E-state index contributed by atoms with van der Waals surface area (Å²) in [5.74, 6) is 1.00. The number of para-hydroxylation sites is 3. The van der Waals surface area contributed by atoms with Crippen LogP contribution >= 0.6 is 0 Å². The van der Waals surface area contributed by atoms with Crippen LogP contribution in [0.2, 0.25) is 0 Å². The van der Waals surface area contributed by atoms with Gasteiger partial charge in [0, 0.05) is 18.2 Å². The van der Waals surface area contributed by atoms with Gasteiger partial charge in [-0.05, 0) is 49.4 Å². The van der Waals surface area contributed by atoms with Crippen molar-refractivity contribution in [3.05, 3.63) is 59.9 Å². The Morgan fingerprint density at radius 3 is 2.62 bits per heavy atom. The smallest absolute Gasteiger partial charge is 0.246 e. The van der Waals surface area contributed by atoms with Crippen molar-refractivity contribution in [3.8, 4) is 0 Å². The SMILES string of the molecule is O=C(NCc1nc2ccccc2n1CC(=O)N1CCCc2ccccc21)C1CCCCC1. The average Bonchev–Trinajstić information content (AvgIpc) is 3.20. The molecule has 2 heterocycles. The first-order valence-corrected chi connectivity index (χ1v) is 11.8. The monoisotopic (exact) mass is 430 g/mol. The Morgan fingerprint density at radius 2 is 1.75 bits per heavy atom. The zero-order chi connectivity index (χ0) is 21.9. The second-order valence-electron chi connectivity index (χ2n) is 8.93. The van der Waals surface area contributed by atoms with Gasteiger partial charge in [0.2, 0.25) is 11.8 Å². The van der Waals surface area contributed by atoms with E-state index in [1.165, 1.54) is 12.0 Å². The first-order valence-electron chi connectivity index (χ1n) is 11.8. The molecule has 0 saturated heterocycles. The molecule has 6 heteroatoms. The number of nitrogens with one attached hydrogen (secondary N) is 1. The van der Waals surface area contributed by atoms with Crippen molar-refractivity contribution < 1.29 is 9.59 Å². The third-order valence-corrected chi connectivity index (χ3v) is 6.83. The molecule has 0 atom stereocenters. The lowest BCUT2D eigenvalue weighted by molar-refractivity contribution is -0.126. The molecule has 0 spiro atoms. The van der Waals surface area contributed by atoms with E-state index in [9.17, 15) is 9.59 Å². The van der Waals surface area contributed by atoms with Crippen LogP contribution in [0, 0.1) is 5.92 Å². The summed E-state index contributed by atoms with van der Waals surface area (Å²) >= 11 is 0. The summed E-state index contributed by atoms with van der Waals surface area (Å²) in [6.07, 6.45) is 7.39. The third-order valence-electron chi connectivity index (χ3n) is 6.83. The summed E-state index contributed by atoms with van der Waals surface area (Å²) < 4.78 is 1.97. The molecule has 0 bridgehead atoms. The number of hydrogen-bond donors (Lipinski definition) is 1. The van der Waals surface area contributed by atoms with E-state index >= 15 is 0 Å². The van der Waals surface area contributed by atoms with Gasteiger partial charge < -0.3 is 14.8 Å². The van der Waals surface area contributed by atoms with E-state index in [0.717, 1.165) is 67.6 Å². The zero-order valence-corrected chi connectivity index (χ0v) is 18.4. The van der Waals surface area contributed by atoms with Crippen molar-refractivity contribution in [2.24, 2.45) is 5.92 Å². The van der Waals surface area contributed by atoms with Crippen LogP contribution in [0.25, 0.3) is 11.0 Å². The van der Waals surface area contributed by atoms with E-state index in [1.54, 1.807) is 0 Å². The lowest BCUT2D eigenvalue weighted by Gasteiger charge is -2.30. The van der Waals surface area contributed by atoms with Gasteiger partial charge in [-0.2, -0.15) is 0 Å². The third kappa shape index (κ3) is 4.14. The van der Waals surface area contributed by atoms with Crippen LogP contribution in [-0.2, 0) is 29.1 Å². The van der Waals surface area contributed by atoms with E-state index in [0.29, 0.717) is 6.54 Å². The highest BCUT2D eigenvalue weighted by atomic mass is 16.2. The first kappa shape index (κ1) is 20.7. The lowest BCUT2D eigenvalue weighted by Crippen LogP contribution is -2.38. The molecule has 32 heavy (non-hydrogen) atoms. The summed E-state index contributed by atoms with van der Waals surface area (Å²) in [6, 6.07) is 16.0. The molecule has 1 aromatic heterocycles. The molecule has 0 unspecified atom stereocenters. The van der Waals surface area contributed by atoms with Crippen LogP contribution < -0.4 is 10.2 Å². The number of carbonyl (C=O) groups excluding carboxylic acids is 2. The molecule has 0 radical (unpaired) electrons. The first-order chi connectivity index (χ1) is 15.7. The number of fused-ring (bicyclic) bond motifs is 2. The van der Waals surface area contributed by atoms with Crippen molar-refractivity contribution in [3.63, 3.8) is 0 Å². The van der Waals surface area contributed by atoms with Gasteiger partial charge in [-0.1, -0.05) is 49.6 Å². The maximum Gasteiger partial charge on any atom is 0.246 e. The van der Waals surface area contributed by atoms with Gasteiger partial charge in [-0.25, -0.2) is 4.98 Å².